The summed E-state index contributed by atoms with van der Waals surface area (Å²) < 4.78 is 5.91. The van der Waals surface area contributed by atoms with Crippen molar-refractivity contribution in [3.63, 3.8) is 0 Å². The van der Waals surface area contributed by atoms with E-state index in [1.807, 2.05) is 6.07 Å². The van der Waals surface area contributed by atoms with Crippen molar-refractivity contribution < 1.29 is 9.53 Å². The van der Waals surface area contributed by atoms with Crippen LogP contribution in [-0.2, 0) is 11.2 Å². The van der Waals surface area contributed by atoms with Gasteiger partial charge < -0.3 is 15.4 Å². The molecule has 1 heterocycles. The van der Waals surface area contributed by atoms with E-state index in [9.17, 15) is 4.79 Å². The molecule has 22 heavy (non-hydrogen) atoms. The largest absolute Gasteiger partial charge is 0.478 e. The minimum atomic E-state index is -0.498. The molecule has 4 heteroatoms. The van der Waals surface area contributed by atoms with Gasteiger partial charge >= 0.3 is 0 Å². The minimum absolute atomic E-state index is 0.0434. The molecule has 2 N–H and O–H groups in total. The maximum Gasteiger partial charge on any atom is 0.268 e. The lowest BCUT2D eigenvalue weighted by Crippen LogP contribution is -2.45. The van der Waals surface area contributed by atoms with E-state index in [2.05, 4.69) is 32.0 Å². The number of carbonyl (C=O) groups is 1. The van der Waals surface area contributed by atoms with Crippen molar-refractivity contribution in [1.29, 1.82) is 0 Å². The molecule has 4 nitrogen and oxygen atoms in total. The van der Waals surface area contributed by atoms with E-state index >= 15 is 0 Å². The van der Waals surface area contributed by atoms with Gasteiger partial charge in [0.25, 0.3) is 5.91 Å². The monoisotopic (exact) mass is 296 g/mol. The number of rotatable bonds is 2. The molecule has 0 saturated heterocycles. The summed E-state index contributed by atoms with van der Waals surface area (Å²) in [5, 5.41) is 0. The number of carbonyl (C=O) groups excluding carboxylic acids is 1. The number of hydrogen-bond acceptors (Lipinski definition) is 3. The first-order valence-corrected chi connectivity index (χ1v) is 7.35. The standard InChI is InChI=1S/C18H20N2O2/c1-11-4-5-13(12(2)8-11)9-17-18(21)20(3)15-10-14(19)6-7-16(15)22-17/h4-8,10,17H,9,19H2,1-3H3. The molecule has 0 bridgehead atoms. The van der Waals surface area contributed by atoms with E-state index in [-0.39, 0.29) is 5.91 Å². The van der Waals surface area contributed by atoms with E-state index in [4.69, 9.17) is 10.5 Å². The number of benzene rings is 2. The third-order valence-electron chi connectivity index (χ3n) is 4.12. The molecule has 1 unspecified atom stereocenters. The summed E-state index contributed by atoms with van der Waals surface area (Å²) in [6.45, 7) is 4.13. The number of ether oxygens (including phenoxy) is 1. The lowest BCUT2D eigenvalue weighted by Gasteiger charge is -2.32. The molecule has 0 aromatic heterocycles. The second kappa shape index (κ2) is 5.37. The van der Waals surface area contributed by atoms with Gasteiger partial charge in [0.15, 0.2) is 6.10 Å². The van der Waals surface area contributed by atoms with Crippen LogP contribution in [0.4, 0.5) is 11.4 Å². The second-order valence-corrected chi connectivity index (χ2v) is 5.86. The predicted molar refractivity (Wildman–Crippen MR) is 88.3 cm³/mol. The molecule has 114 valence electrons. The van der Waals surface area contributed by atoms with Gasteiger partial charge in [-0.05, 0) is 43.2 Å². The van der Waals surface area contributed by atoms with Crippen molar-refractivity contribution in [1.82, 2.24) is 0 Å². The Labute approximate surface area is 130 Å². The highest BCUT2D eigenvalue weighted by atomic mass is 16.5. The fraction of sp³-hybridized carbons (Fsp3) is 0.278. The first kappa shape index (κ1) is 14.4. The number of nitrogen functional groups attached to an aromatic ring is 1. The minimum Gasteiger partial charge on any atom is -0.478 e. The van der Waals surface area contributed by atoms with Gasteiger partial charge in [0, 0.05) is 19.2 Å². The molecule has 0 spiro atoms. The number of hydrogen-bond donors (Lipinski definition) is 1. The maximum atomic E-state index is 12.5. The highest BCUT2D eigenvalue weighted by Crippen LogP contribution is 2.35. The Bertz CT molecular complexity index is 740. The van der Waals surface area contributed by atoms with Crippen LogP contribution in [-0.4, -0.2) is 19.1 Å². The third-order valence-corrected chi connectivity index (χ3v) is 4.12. The van der Waals surface area contributed by atoms with Crippen LogP contribution in [0.5, 0.6) is 5.75 Å². The van der Waals surface area contributed by atoms with Crippen LogP contribution in [0.3, 0.4) is 0 Å². The van der Waals surface area contributed by atoms with Crippen LogP contribution in [0.25, 0.3) is 0 Å². The quantitative estimate of drug-likeness (QED) is 0.867. The zero-order chi connectivity index (χ0) is 15.9. The number of aryl methyl sites for hydroxylation is 2. The molecule has 0 aliphatic carbocycles. The molecule has 0 saturated carbocycles. The number of anilines is 2. The first-order valence-electron chi connectivity index (χ1n) is 7.35. The Balaban J connectivity index is 1.89. The van der Waals surface area contributed by atoms with Gasteiger partial charge in [-0.25, -0.2) is 0 Å². The first-order chi connectivity index (χ1) is 10.5. The van der Waals surface area contributed by atoms with Gasteiger partial charge in [-0.2, -0.15) is 0 Å². The third kappa shape index (κ3) is 2.52. The molecule has 1 atom stereocenters. The highest BCUT2D eigenvalue weighted by Gasteiger charge is 2.32. The van der Waals surface area contributed by atoms with Crippen LogP contribution < -0.4 is 15.4 Å². The maximum absolute atomic E-state index is 12.5. The van der Waals surface area contributed by atoms with E-state index < -0.39 is 6.10 Å². The second-order valence-electron chi connectivity index (χ2n) is 5.86. The zero-order valence-corrected chi connectivity index (χ0v) is 13.1. The summed E-state index contributed by atoms with van der Waals surface area (Å²) in [5.74, 6) is 0.657. The molecule has 2 aromatic rings. The van der Waals surface area contributed by atoms with Gasteiger partial charge in [-0.15, -0.1) is 0 Å². The van der Waals surface area contributed by atoms with Gasteiger partial charge in [0.05, 0.1) is 5.69 Å². The van der Waals surface area contributed by atoms with E-state index in [1.54, 1.807) is 24.1 Å². The van der Waals surface area contributed by atoms with Gasteiger partial charge in [-0.1, -0.05) is 23.8 Å². The number of nitrogens with two attached hydrogens (primary N) is 1. The predicted octanol–water partition coefficient (Wildman–Crippen LogP) is 2.85. The Morgan fingerprint density at radius 1 is 1.18 bits per heavy atom. The molecular weight excluding hydrogens is 276 g/mol. The van der Waals surface area contributed by atoms with Crippen molar-refractivity contribution in [3.05, 3.63) is 53.1 Å². The van der Waals surface area contributed by atoms with Crippen molar-refractivity contribution >= 4 is 17.3 Å². The summed E-state index contributed by atoms with van der Waals surface area (Å²) in [7, 11) is 1.76. The zero-order valence-electron chi connectivity index (χ0n) is 13.1. The average Bonchev–Trinajstić information content (AvgIpc) is 2.48. The Hall–Kier alpha value is -2.49. The van der Waals surface area contributed by atoms with E-state index in [1.165, 1.54) is 11.1 Å². The van der Waals surface area contributed by atoms with Crippen LogP contribution in [0.2, 0.25) is 0 Å². The Morgan fingerprint density at radius 3 is 2.68 bits per heavy atom. The van der Waals surface area contributed by atoms with Crippen molar-refractivity contribution in [3.8, 4) is 5.75 Å². The normalized spacial score (nSPS) is 17.1. The van der Waals surface area contributed by atoms with E-state index in [0.29, 0.717) is 17.9 Å². The fourth-order valence-electron chi connectivity index (χ4n) is 2.84. The highest BCUT2D eigenvalue weighted by molar-refractivity contribution is 6.00. The van der Waals surface area contributed by atoms with Gasteiger partial charge in [-0.3, -0.25) is 4.79 Å². The van der Waals surface area contributed by atoms with Crippen LogP contribution in [0.1, 0.15) is 16.7 Å². The van der Waals surface area contributed by atoms with Crippen molar-refractivity contribution in [2.45, 2.75) is 26.4 Å². The fourth-order valence-corrected chi connectivity index (χ4v) is 2.84. The molecule has 1 aliphatic rings. The van der Waals surface area contributed by atoms with Crippen LogP contribution in [0.15, 0.2) is 36.4 Å². The smallest absolute Gasteiger partial charge is 0.268 e. The molecular formula is C18H20N2O2. The summed E-state index contributed by atoms with van der Waals surface area (Å²) in [4.78, 5) is 14.2. The van der Waals surface area contributed by atoms with Crippen molar-refractivity contribution in [2.75, 3.05) is 17.7 Å². The summed E-state index contributed by atoms with van der Waals surface area (Å²) in [6, 6.07) is 11.6. The molecule has 1 amide bonds. The Morgan fingerprint density at radius 2 is 1.95 bits per heavy atom. The molecule has 0 fully saturated rings. The molecule has 3 rings (SSSR count). The van der Waals surface area contributed by atoms with Crippen LogP contribution in [0, 0.1) is 13.8 Å². The molecule has 2 aromatic carbocycles. The average molecular weight is 296 g/mol. The van der Waals surface area contributed by atoms with Crippen molar-refractivity contribution in [2.24, 2.45) is 0 Å². The van der Waals surface area contributed by atoms with Gasteiger partial charge in [0.2, 0.25) is 0 Å². The molecule has 0 radical (unpaired) electrons. The lowest BCUT2D eigenvalue weighted by molar-refractivity contribution is -0.125. The number of fused-ring (bicyclic) bond motifs is 1. The Kier molecular flexibility index (Phi) is 3.53. The van der Waals surface area contributed by atoms with Gasteiger partial charge in [0.1, 0.15) is 5.75 Å². The summed E-state index contributed by atoms with van der Waals surface area (Å²) >= 11 is 0. The number of amides is 1. The van der Waals surface area contributed by atoms with Crippen LogP contribution >= 0.6 is 0 Å². The number of nitrogens with zero attached hydrogens (tertiary/aromatic N) is 1. The SMILES string of the molecule is Cc1ccc(CC2Oc3ccc(N)cc3N(C)C2=O)c(C)c1. The lowest BCUT2D eigenvalue weighted by atomic mass is 9.99. The topological polar surface area (TPSA) is 55.6 Å². The summed E-state index contributed by atoms with van der Waals surface area (Å²) in [5.41, 5.74) is 10.7. The van der Waals surface area contributed by atoms with E-state index in [0.717, 1.165) is 11.3 Å². The number of likely N-dealkylation sites (N-methyl/N-ethyl adjacent to an activating group) is 1. The summed E-state index contributed by atoms with van der Waals surface area (Å²) in [6.07, 6.45) is 0.0709. The molecule has 1 aliphatic heterocycles.